The summed E-state index contributed by atoms with van der Waals surface area (Å²) in [6.07, 6.45) is 9.41. The lowest BCUT2D eigenvalue weighted by Gasteiger charge is -2.28. The second-order valence-electron chi connectivity index (χ2n) is 7.37. The maximum atomic E-state index is 14.9. The molecule has 2 aromatic heterocycles. The number of H-pyrrole nitrogens is 1. The van der Waals surface area contributed by atoms with Gasteiger partial charge >= 0.3 is 0 Å². The van der Waals surface area contributed by atoms with Crippen molar-refractivity contribution in [2.75, 3.05) is 6.54 Å². The summed E-state index contributed by atoms with van der Waals surface area (Å²) in [4.78, 5) is 25.6. The molecule has 1 saturated carbocycles. The van der Waals surface area contributed by atoms with Gasteiger partial charge in [0.05, 0.1) is 11.9 Å². The van der Waals surface area contributed by atoms with E-state index in [1.807, 2.05) is 11.0 Å². The average molecular weight is 354 g/mol. The van der Waals surface area contributed by atoms with E-state index < -0.39 is 11.4 Å². The summed E-state index contributed by atoms with van der Waals surface area (Å²) in [7, 11) is 0. The molecule has 0 bridgehead atoms. The van der Waals surface area contributed by atoms with E-state index >= 15 is 0 Å². The highest BCUT2D eigenvalue weighted by Crippen LogP contribution is 2.46. The van der Waals surface area contributed by atoms with Crippen molar-refractivity contribution < 1.29 is 14.3 Å². The van der Waals surface area contributed by atoms with Crippen molar-refractivity contribution in [2.24, 2.45) is 0 Å². The highest BCUT2D eigenvalue weighted by molar-refractivity contribution is 5.89. The number of amides is 1. The number of imidazole rings is 1. The van der Waals surface area contributed by atoms with Gasteiger partial charge in [-0.2, -0.15) is 0 Å². The van der Waals surface area contributed by atoms with E-state index in [0.29, 0.717) is 24.1 Å². The van der Waals surface area contributed by atoms with Crippen LogP contribution in [-0.2, 0) is 10.4 Å². The van der Waals surface area contributed by atoms with E-state index in [1.54, 1.807) is 18.3 Å². The molecule has 2 aliphatic heterocycles. The Morgan fingerprint density at radius 3 is 3.00 bits per heavy atom. The minimum atomic E-state index is -1.12. The number of rotatable bonds is 3. The predicted molar refractivity (Wildman–Crippen MR) is 91.5 cm³/mol. The van der Waals surface area contributed by atoms with Gasteiger partial charge in [-0.1, -0.05) is 6.08 Å². The van der Waals surface area contributed by atoms with Gasteiger partial charge in [0, 0.05) is 30.3 Å². The Kier molecular flexibility index (Phi) is 3.31. The van der Waals surface area contributed by atoms with Crippen LogP contribution in [0.25, 0.3) is 11.3 Å². The second-order valence-corrected chi connectivity index (χ2v) is 7.37. The molecule has 4 heterocycles. The van der Waals surface area contributed by atoms with E-state index in [9.17, 15) is 14.3 Å². The van der Waals surface area contributed by atoms with Gasteiger partial charge in [-0.3, -0.25) is 9.78 Å². The van der Waals surface area contributed by atoms with Crippen LogP contribution >= 0.6 is 0 Å². The smallest absolute Gasteiger partial charge is 0.246 e. The minimum Gasteiger partial charge on any atom is -0.383 e. The van der Waals surface area contributed by atoms with Crippen molar-refractivity contribution >= 4 is 5.91 Å². The van der Waals surface area contributed by atoms with Gasteiger partial charge in [-0.05, 0) is 37.8 Å². The first-order valence-electron chi connectivity index (χ1n) is 8.96. The van der Waals surface area contributed by atoms with Crippen molar-refractivity contribution in [1.82, 2.24) is 19.9 Å². The fourth-order valence-corrected chi connectivity index (χ4v) is 4.14. The molecule has 134 valence electrons. The molecule has 26 heavy (non-hydrogen) atoms. The number of nitrogens with one attached hydrogen (secondary N) is 1. The Hall–Kier alpha value is -2.54. The predicted octanol–water partition coefficient (Wildman–Crippen LogP) is 2.24. The number of hydrogen-bond donors (Lipinski definition) is 2. The molecule has 5 rings (SSSR count). The zero-order valence-electron chi connectivity index (χ0n) is 14.2. The Balaban J connectivity index is 1.47. The van der Waals surface area contributed by atoms with Gasteiger partial charge in [0.2, 0.25) is 5.91 Å². The van der Waals surface area contributed by atoms with Crippen LogP contribution in [0.3, 0.4) is 0 Å². The van der Waals surface area contributed by atoms with Gasteiger partial charge < -0.3 is 15.0 Å². The molecule has 0 aromatic carbocycles. The van der Waals surface area contributed by atoms with E-state index in [4.69, 9.17) is 0 Å². The third-order valence-electron chi connectivity index (χ3n) is 5.76. The molecule has 1 saturated heterocycles. The topological polar surface area (TPSA) is 82.1 Å². The fraction of sp³-hybridized carbons (Fsp3) is 0.421. The van der Waals surface area contributed by atoms with Crippen LogP contribution < -0.4 is 0 Å². The van der Waals surface area contributed by atoms with Gasteiger partial charge in [0.25, 0.3) is 0 Å². The quantitative estimate of drug-likeness (QED) is 0.886. The molecule has 2 fully saturated rings. The molecular formula is C19H19FN4O2. The third-order valence-corrected chi connectivity index (χ3v) is 5.76. The van der Waals surface area contributed by atoms with Crippen LogP contribution in [0.15, 0.2) is 30.6 Å². The van der Waals surface area contributed by atoms with Gasteiger partial charge in [-0.15, -0.1) is 0 Å². The highest BCUT2D eigenvalue weighted by atomic mass is 19.1. The number of aromatic amines is 1. The lowest BCUT2D eigenvalue weighted by atomic mass is 9.95. The SMILES string of the molecule is O=C1C=CCC2C(c3ncc(-c4ccnc(C5(O)CC5)c4F)[nH]3)CCN12. The summed E-state index contributed by atoms with van der Waals surface area (Å²) >= 11 is 0. The normalized spacial score (nSPS) is 26.2. The largest absolute Gasteiger partial charge is 0.383 e. The van der Waals surface area contributed by atoms with E-state index in [-0.39, 0.29) is 23.6 Å². The molecule has 7 heteroatoms. The average Bonchev–Trinajstić information content (AvgIpc) is 3.05. The van der Waals surface area contributed by atoms with Crippen LogP contribution in [0.2, 0.25) is 0 Å². The van der Waals surface area contributed by atoms with Crippen molar-refractivity contribution in [3.63, 3.8) is 0 Å². The fourth-order valence-electron chi connectivity index (χ4n) is 4.14. The van der Waals surface area contributed by atoms with Gasteiger partial charge in [-0.25, -0.2) is 9.37 Å². The monoisotopic (exact) mass is 354 g/mol. The first-order chi connectivity index (χ1) is 12.6. The third kappa shape index (κ3) is 2.30. The first-order valence-corrected chi connectivity index (χ1v) is 8.96. The van der Waals surface area contributed by atoms with Gasteiger partial charge in [0.15, 0.2) is 5.82 Å². The number of halogens is 1. The lowest BCUT2D eigenvalue weighted by molar-refractivity contribution is -0.127. The standard InChI is InChI=1S/C19H19FN4O2/c20-16-11(4-8-21-17(16)19(26)6-7-19)13-10-22-18(23-13)12-5-9-24-14(12)2-1-3-15(24)25/h1,3-4,8,10,12,14,26H,2,5-7,9H2,(H,22,23). The summed E-state index contributed by atoms with van der Waals surface area (Å²) in [5.74, 6) is 0.456. The zero-order chi connectivity index (χ0) is 17.9. The molecule has 2 aromatic rings. The number of aliphatic hydroxyl groups is 1. The van der Waals surface area contributed by atoms with Crippen molar-refractivity contribution in [3.8, 4) is 11.3 Å². The summed E-state index contributed by atoms with van der Waals surface area (Å²) in [6.45, 7) is 0.718. The minimum absolute atomic E-state index is 0.0537. The molecule has 6 nitrogen and oxygen atoms in total. The summed E-state index contributed by atoms with van der Waals surface area (Å²) in [5, 5.41) is 10.2. The number of hydrogen-bond acceptors (Lipinski definition) is 4. The van der Waals surface area contributed by atoms with E-state index in [0.717, 1.165) is 25.2 Å². The number of fused-ring (bicyclic) bond motifs is 1. The van der Waals surface area contributed by atoms with Crippen molar-refractivity contribution in [1.29, 1.82) is 0 Å². The van der Waals surface area contributed by atoms with Crippen LogP contribution in [0, 0.1) is 5.82 Å². The van der Waals surface area contributed by atoms with Crippen molar-refractivity contribution in [2.45, 2.75) is 43.2 Å². The Morgan fingerprint density at radius 2 is 2.19 bits per heavy atom. The summed E-state index contributed by atoms with van der Waals surface area (Å²) in [5.41, 5.74) is -0.0739. The van der Waals surface area contributed by atoms with Crippen LogP contribution in [0.5, 0.6) is 0 Å². The summed E-state index contributed by atoms with van der Waals surface area (Å²) < 4.78 is 14.9. The number of carbonyl (C=O) groups excluding carboxylic acids is 1. The Labute approximate surface area is 149 Å². The van der Waals surface area contributed by atoms with Crippen LogP contribution in [-0.4, -0.2) is 43.5 Å². The number of aromatic nitrogens is 3. The van der Waals surface area contributed by atoms with Crippen LogP contribution in [0.4, 0.5) is 4.39 Å². The van der Waals surface area contributed by atoms with Crippen molar-refractivity contribution in [3.05, 3.63) is 47.9 Å². The number of pyridine rings is 1. The maximum absolute atomic E-state index is 14.9. The molecule has 1 aliphatic carbocycles. The van der Waals surface area contributed by atoms with E-state index in [1.165, 1.54) is 6.20 Å². The van der Waals surface area contributed by atoms with Crippen LogP contribution in [0.1, 0.15) is 43.1 Å². The molecule has 2 atom stereocenters. The highest BCUT2D eigenvalue weighted by Gasteiger charge is 2.46. The van der Waals surface area contributed by atoms with E-state index in [2.05, 4.69) is 15.0 Å². The second kappa shape index (κ2) is 5.48. The Bertz CT molecular complexity index is 918. The number of carbonyl (C=O) groups is 1. The number of nitrogens with zero attached hydrogens (tertiary/aromatic N) is 3. The van der Waals surface area contributed by atoms with Gasteiger partial charge in [0.1, 0.15) is 17.1 Å². The lowest BCUT2D eigenvalue weighted by Crippen LogP contribution is -2.38. The molecule has 2 N–H and O–H groups in total. The Morgan fingerprint density at radius 1 is 1.35 bits per heavy atom. The molecule has 0 spiro atoms. The molecule has 0 radical (unpaired) electrons. The molecule has 3 aliphatic rings. The molecule has 2 unspecified atom stereocenters. The maximum Gasteiger partial charge on any atom is 0.246 e. The molecular weight excluding hydrogens is 335 g/mol. The molecule has 1 amide bonds. The summed E-state index contributed by atoms with van der Waals surface area (Å²) in [6, 6.07) is 1.70. The first kappa shape index (κ1) is 15.7. The zero-order valence-corrected chi connectivity index (χ0v) is 14.2.